The third-order valence-electron chi connectivity index (χ3n) is 2.88. The van der Waals surface area contributed by atoms with Crippen molar-refractivity contribution in [3.63, 3.8) is 0 Å². The van der Waals surface area contributed by atoms with E-state index in [2.05, 4.69) is 11.9 Å². The van der Waals surface area contributed by atoms with Gasteiger partial charge >= 0.3 is 0 Å². The molecule has 0 heterocycles. The standard InChI is InChI=1S/C15H22FN/c1-4-6-7-8-15(17-5-2)13-10-9-12(3)11-14(13)16/h4,9-11,15,17H,1,5-8H2,2-3H3. The molecule has 1 N–H and O–H groups in total. The molecule has 0 fully saturated rings. The molecule has 0 aliphatic heterocycles. The fourth-order valence-corrected chi connectivity index (χ4v) is 1.99. The van der Waals surface area contributed by atoms with E-state index in [0.29, 0.717) is 0 Å². The Kier molecular flexibility index (Phi) is 5.92. The van der Waals surface area contributed by atoms with Gasteiger partial charge in [-0.25, -0.2) is 4.39 Å². The van der Waals surface area contributed by atoms with Crippen LogP contribution >= 0.6 is 0 Å². The number of rotatable bonds is 7. The monoisotopic (exact) mass is 235 g/mol. The topological polar surface area (TPSA) is 12.0 Å². The van der Waals surface area contributed by atoms with Gasteiger partial charge in [-0.2, -0.15) is 0 Å². The molecule has 0 bridgehead atoms. The highest BCUT2D eigenvalue weighted by Crippen LogP contribution is 2.23. The van der Waals surface area contributed by atoms with Crippen molar-refractivity contribution in [2.75, 3.05) is 6.54 Å². The van der Waals surface area contributed by atoms with E-state index in [-0.39, 0.29) is 11.9 Å². The molecule has 0 aliphatic rings. The Balaban J connectivity index is 2.77. The van der Waals surface area contributed by atoms with Crippen LogP contribution in [0.2, 0.25) is 0 Å². The molecule has 94 valence electrons. The minimum atomic E-state index is -0.102. The summed E-state index contributed by atoms with van der Waals surface area (Å²) in [5.41, 5.74) is 1.74. The van der Waals surface area contributed by atoms with E-state index in [1.54, 1.807) is 6.07 Å². The van der Waals surface area contributed by atoms with Crippen LogP contribution in [0.15, 0.2) is 30.9 Å². The molecule has 1 aromatic rings. The van der Waals surface area contributed by atoms with Crippen LogP contribution in [0.4, 0.5) is 4.39 Å². The first-order chi connectivity index (χ1) is 8.19. The van der Waals surface area contributed by atoms with E-state index in [4.69, 9.17) is 0 Å². The zero-order valence-corrected chi connectivity index (χ0v) is 10.8. The van der Waals surface area contributed by atoms with Crippen LogP contribution < -0.4 is 5.32 Å². The normalized spacial score (nSPS) is 12.4. The van der Waals surface area contributed by atoms with Gasteiger partial charge in [0.1, 0.15) is 5.82 Å². The average molecular weight is 235 g/mol. The Bertz CT molecular complexity index is 360. The predicted octanol–water partition coefficient (Wildman–Crippen LogP) is 4.14. The largest absolute Gasteiger partial charge is 0.310 e. The number of aryl methyl sites for hydroxylation is 1. The molecule has 0 amide bonds. The van der Waals surface area contributed by atoms with Crippen LogP contribution in [0.5, 0.6) is 0 Å². The van der Waals surface area contributed by atoms with Gasteiger partial charge in [-0.15, -0.1) is 6.58 Å². The van der Waals surface area contributed by atoms with E-state index in [9.17, 15) is 4.39 Å². The fraction of sp³-hybridized carbons (Fsp3) is 0.467. The van der Waals surface area contributed by atoms with Crippen molar-refractivity contribution >= 4 is 0 Å². The summed E-state index contributed by atoms with van der Waals surface area (Å²) in [6, 6.07) is 5.58. The second kappa shape index (κ2) is 7.23. The summed E-state index contributed by atoms with van der Waals surface area (Å²) in [5.74, 6) is -0.102. The van der Waals surface area contributed by atoms with Gasteiger partial charge in [0.25, 0.3) is 0 Å². The Labute approximate surface area is 104 Å². The Morgan fingerprint density at radius 3 is 2.82 bits per heavy atom. The third kappa shape index (κ3) is 4.31. The summed E-state index contributed by atoms with van der Waals surface area (Å²) in [6.07, 6.45) is 4.87. The van der Waals surface area contributed by atoms with Gasteiger partial charge in [0.2, 0.25) is 0 Å². The molecule has 1 aromatic carbocycles. The molecule has 0 radical (unpaired) electrons. The van der Waals surface area contributed by atoms with Crippen LogP contribution in [0.3, 0.4) is 0 Å². The maximum Gasteiger partial charge on any atom is 0.128 e. The van der Waals surface area contributed by atoms with E-state index in [0.717, 1.165) is 36.9 Å². The number of allylic oxidation sites excluding steroid dienone is 1. The van der Waals surface area contributed by atoms with Crippen LogP contribution in [0.1, 0.15) is 43.4 Å². The Morgan fingerprint density at radius 2 is 2.24 bits per heavy atom. The molecule has 1 nitrogen and oxygen atoms in total. The lowest BCUT2D eigenvalue weighted by Crippen LogP contribution is -2.21. The SMILES string of the molecule is C=CCCCC(NCC)c1ccc(C)cc1F. The molecule has 0 aromatic heterocycles. The quantitative estimate of drug-likeness (QED) is 0.553. The summed E-state index contributed by atoms with van der Waals surface area (Å²) in [6.45, 7) is 8.52. The molecule has 1 rings (SSSR count). The highest BCUT2D eigenvalue weighted by atomic mass is 19.1. The summed E-state index contributed by atoms with van der Waals surface area (Å²) in [7, 11) is 0. The second-order valence-corrected chi connectivity index (χ2v) is 4.35. The van der Waals surface area contributed by atoms with Crippen molar-refractivity contribution in [1.82, 2.24) is 5.32 Å². The summed E-state index contributed by atoms with van der Waals surface area (Å²) in [4.78, 5) is 0. The highest BCUT2D eigenvalue weighted by molar-refractivity contribution is 5.26. The molecule has 0 aliphatic carbocycles. The fourth-order valence-electron chi connectivity index (χ4n) is 1.99. The van der Waals surface area contributed by atoms with Crippen molar-refractivity contribution < 1.29 is 4.39 Å². The zero-order chi connectivity index (χ0) is 12.7. The van der Waals surface area contributed by atoms with Gasteiger partial charge in [-0.05, 0) is 44.4 Å². The number of hydrogen-bond donors (Lipinski definition) is 1. The number of unbranched alkanes of at least 4 members (excludes halogenated alkanes) is 1. The predicted molar refractivity (Wildman–Crippen MR) is 71.6 cm³/mol. The summed E-state index contributed by atoms with van der Waals surface area (Å²) in [5, 5.41) is 3.34. The third-order valence-corrected chi connectivity index (χ3v) is 2.88. The second-order valence-electron chi connectivity index (χ2n) is 4.35. The van der Waals surface area contributed by atoms with E-state index >= 15 is 0 Å². The molecule has 1 atom stereocenters. The summed E-state index contributed by atoms with van der Waals surface area (Å²) >= 11 is 0. The van der Waals surface area contributed by atoms with Crippen LogP contribution in [0.25, 0.3) is 0 Å². The van der Waals surface area contributed by atoms with Gasteiger partial charge in [-0.3, -0.25) is 0 Å². The van der Waals surface area contributed by atoms with Gasteiger partial charge in [0.05, 0.1) is 0 Å². The van der Waals surface area contributed by atoms with Crippen molar-refractivity contribution in [2.45, 2.75) is 39.2 Å². The van der Waals surface area contributed by atoms with Gasteiger partial charge in [0.15, 0.2) is 0 Å². The lowest BCUT2D eigenvalue weighted by atomic mass is 9.99. The van der Waals surface area contributed by atoms with Crippen molar-refractivity contribution in [3.8, 4) is 0 Å². The highest BCUT2D eigenvalue weighted by Gasteiger charge is 2.14. The maximum absolute atomic E-state index is 13.9. The van der Waals surface area contributed by atoms with Gasteiger partial charge < -0.3 is 5.32 Å². The van der Waals surface area contributed by atoms with Crippen molar-refractivity contribution in [3.05, 3.63) is 47.8 Å². The number of nitrogens with one attached hydrogen (secondary N) is 1. The van der Waals surface area contributed by atoms with Crippen molar-refractivity contribution in [1.29, 1.82) is 0 Å². The minimum Gasteiger partial charge on any atom is -0.310 e. The Hall–Kier alpha value is -1.15. The molecule has 17 heavy (non-hydrogen) atoms. The zero-order valence-electron chi connectivity index (χ0n) is 10.8. The molecule has 0 saturated carbocycles. The van der Waals surface area contributed by atoms with Gasteiger partial charge in [0, 0.05) is 11.6 Å². The van der Waals surface area contributed by atoms with Crippen molar-refractivity contribution in [2.24, 2.45) is 0 Å². The molecular formula is C15H22FN. The number of halogens is 1. The summed E-state index contributed by atoms with van der Waals surface area (Å²) < 4.78 is 13.9. The smallest absolute Gasteiger partial charge is 0.128 e. The molecule has 0 saturated heterocycles. The number of hydrogen-bond acceptors (Lipinski definition) is 1. The maximum atomic E-state index is 13.9. The van der Waals surface area contributed by atoms with E-state index < -0.39 is 0 Å². The first kappa shape index (κ1) is 13.9. The lowest BCUT2D eigenvalue weighted by molar-refractivity contribution is 0.474. The molecular weight excluding hydrogens is 213 g/mol. The average Bonchev–Trinajstić information content (AvgIpc) is 2.28. The Morgan fingerprint density at radius 1 is 1.47 bits per heavy atom. The molecule has 2 heteroatoms. The van der Waals surface area contributed by atoms with Crippen LogP contribution in [0, 0.1) is 12.7 Å². The first-order valence-electron chi connectivity index (χ1n) is 6.29. The van der Waals surface area contributed by atoms with Crippen LogP contribution in [-0.4, -0.2) is 6.54 Å². The first-order valence-corrected chi connectivity index (χ1v) is 6.29. The molecule has 1 unspecified atom stereocenters. The lowest BCUT2D eigenvalue weighted by Gasteiger charge is -2.19. The van der Waals surface area contributed by atoms with E-state index in [1.165, 1.54) is 0 Å². The number of benzene rings is 1. The van der Waals surface area contributed by atoms with Crippen LogP contribution in [-0.2, 0) is 0 Å². The van der Waals surface area contributed by atoms with E-state index in [1.807, 2.05) is 32.1 Å². The minimum absolute atomic E-state index is 0.102. The molecule has 0 spiro atoms. The van der Waals surface area contributed by atoms with Gasteiger partial charge in [-0.1, -0.05) is 25.1 Å².